The number of Topliss-reactive ketones (excluding diaryl/α,β-unsaturated/α-hetero) is 1. The fraction of sp³-hybridized carbons (Fsp3) is 0.280. The van der Waals surface area contributed by atoms with E-state index in [1.807, 2.05) is 0 Å². The van der Waals surface area contributed by atoms with Crippen LogP contribution in [-0.4, -0.2) is 46.3 Å². The molecule has 1 aliphatic carbocycles. The summed E-state index contributed by atoms with van der Waals surface area (Å²) < 4.78 is 20.2. The van der Waals surface area contributed by atoms with Gasteiger partial charge in [-0.1, -0.05) is 29.8 Å². The van der Waals surface area contributed by atoms with E-state index in [9.17, 15) is 14.0 Å². The first kappa shape index (κ1) is 23.5. The number of fused-ring (bicyclic) bond motifs is 3. The van der Waals surface area contributed by atoms with Gasteiger partial charge in [0.1, 0.15) is 17.9 Å². The summed E-state index contributed by atoms with van der Waals surface area (Å²) in [6.45, 7) is 4.10. The molecule has 7 nitrogen and oxygen atoms in total. The topological polar surface area (TPSA) is 84.4 Å². The molecule has 5 rings (SSSR count). The maximum Gasteiger partial charge on any atom is 0.246 e. The Morgan fingerprint density at radius 3 is 2.74 bits per heavy atom. The Morgan fingerprint density at radius 2 is 2.06 bits per heavy atom. The third-order valence-electron chi connectivity index (χ3n) is 6.85. The van der Waals surface area contributed by atoms with Crippen LogP contribution in [0.25, 0.3) is 10.9 Å². The standard InChI is InChI=1S/C25H21Cl2FN4O3/c1-3-21(33)32-10-12-6-13(32)7-14(12)24(34)16-8-15-19(9-20(16)35-2)29-11-30-25(15)31-18-5-4-17(26)22(27)23(18)28/h3-5,8-9,11-14H,1,6-7,10H2,2H3,(H,29,30,31). The van der Waals surface area contributed by atoms with Gasteiger partial charge in [-0.05, 0) is 43.0 Å². The Morgan fingerprint density at radius 1 is 1.26 bits per heavy atom. The van der Waals surface area contributed by atoms with Gasteiger partial charge in [0.05, 0.1) is 33.9 Å². The van der Waals surface area contributed by atoms with Gasteiger partial charge in [-0.3, -0.25) is 9.59 Å². The molecule has 1 saturated carbocycles. The molecule has 2 fully saturated rings. The molecule has 3 aromatic rings. The number of ether oxygens (including phenoxy) is 1. The zero-order chi connectivity index (χ0) is 24.9. The second-order valence-electron chi connectivity index (χ2n) is 8.69. The third kappa shape index (κ3) is 4.00. The summed E-state index contributed by atoms with van der Waals surface area (Å²) in [7, 11) is 1.49. The highest BCUT2D eigenvalue weighted by Gasteiger charge is 2.49. The first-order valence-corrected chi connectivity index (χ1v) is 11.8. The molecule has 1 N–H and O–H groups in total. The van der Waals surface area contributed by atoms with Crippen LogP contribution in [-0.2, 0) is 4.79 Å². The number of amides is 1. The number of rotatable bonds is 6. The smallest absolute Gasteiger partial charge is 0.246 e. The number of nitrogens with one attached hydrogen (secondary N) is 1. The highest BCUT2D eigenvalue weighted by atomic mass is 35.5. The van der Waals surface area contributed by atoms with Crippen LogP contribution >= 0.6 is 23.2 Å². The Balaban J connectivity index is 1.50. The highest BCUT2D eigenvalue weighted by Crippen LogP contribution is 2.45. The van der Waals surface area contributed by atoms with Crippen molar-refractivity contribution in [3.05, 3.63) is 64.7 Å². The van der Waals surface area contributed by atoms with E-state index in [-0.39, 0.29) is 45.3 Å². The average molecular weight is 515 g/mol. The van der Waals surface area contributed by atoms with Gasteiger partial charge < -0.3 is 15.0 Å². The SMILES string of the molecule is C=CC(=O)N1CC2CC1CC2C(=O)c1cc2c(Nc3ccc(Cl)c(Cl)c3F)ncnc2cc1OC. The predicted molar refractivity (Wildman–Crippen MR) is 132 cm³/mol. The molecule has 1 saturated heterocycles. The van der Waals surface area contributed by atoms with Crippen LogP contribution in [0.5, 0.6) is 5.75 Å². The van der Waals surface area contributed by atoms with E-state index in [0.29, 0.717) is 41.0 Å². The van der Waals surface area contributed by atoms with Crippen molar-refractivity contribution in [2.45, 2.75) is 18.9 Å². The molecule has 0 spiro atoms. The lowest BCUT2D eigenvalue weighted by molar-refractivity contribution is -0.127. The number of aromatic nitrogens is 2. The van der Waals surface area contributed by atoms with E-state index in [0.717, 1.165) is 6.42 Å². The van der Waals surface area contributed by atoms with Gasteiger partial charge in [-0.25, -0.2) is 14.4 Å². The molecule has 0 radical (unpaired) electrons. The van der Waals surface area contributed by atoms with Crippen LogP contribution in [0.4, 0.5) is 15.9 Å². The summed E-state index contributed by atoms with van der Waals surface area (Å²) in [4.78, 5) is 36.1. The zero-order valence-corrected chi connectivity index (χ0v) is 20.2. The molecule has 1 aromatic heterocycles. The largest absolute Gasteiger partial charge is 0.496 e. The molecular formula is C25H21Cl2FN4O3. The van der Waals surface area contributed by atoms with Crippen LogP contribution in [0.1, 0.15) is 23.2 Å². The highest BCUT2D eigenvalue weighted by molar-refractivity contribution is 6.42. The average Bonchev–Trinajstić information content (AvgIpc) is 3.49. The normalized spacial score (nSPS) is 20.8. The Labute approximate surface area is 210 Å². The van der Waals surface area contributed by atoms with E-state index >= 15 is 0 Å². The van der Waals surface area contributed by atoms with E-state index in [1.165, 1.54) is 31.6 Å². The summed E-state index contributed by atoms with van der Waals surface area (Å²) in [6.07, 6.45) is 4.03. The van der Waals surface area contributed by atoms with Crippen molar-refractivity contribution in [2.75, 3.05) is 19.0 Å². The van der Waals surface area contributed by atoms with Crippen molar-refractivity contribution < 1.29 is 18.7 Å². The second-order valence-corrected chi connectivity index (χ2v) is 9.48. The van der Waals surface area contributed by atoms with Crippen molar-refractivity contribution in [1.82, 2.24) is 14.9 Å². The summed E-state index contributed by atoms with van der Waals surface area (Å²) >= 11 is 11.8. The van der Waals surface area contributed by atoms with Gasteiger partial charge in [0.2, 0.25) is 5.91 Å². The molecule has 2 bridgehead atoms. The minimum atomic E-state index is -0.712. The number of likely N-dealkylation sites (tertiary alicyclic amines) is 1. The van der Waals surface area contributed by atoms with Gasteiger partial charge in [0.25, 0.3) is 0 Å². The van der Waals surface area contributed by atoms with Crippen molar-refractivity contribution in [2.24, 2.45) is 11.8 Å². The molecule has 1 aliphatic heterocycles. The van der Waals surface area contributed by atoms with Crippen molar-refractivity contribution in [1.29, 1.82) is 0 Å². The number of carbonyl (C=O) groups is 2. The molecular weight excluding hydrogens is 494 g/mol. The van der Waals surface area contributed by atoms with Crippen LogP contribution < -0.4 is 10.1 Å². The van der Waals surface area contributed by atoms with E-state index in [1.54, 1.807) is 17.0 Å². The number of hydrogen-bond acceptors (Lipinski definition) is 6. The number of hydrogen-bond donors (Lipinski definition) is 1. The van der Waals surface area contributed by atoms with E-state index < -0.39 is 5.82 Å². The molecule has 180 valence electrons. The number of carbonyl (C=O) groups excluding carboxylic acids is 2. The number of nitrogens with zero attached hydrogens (tertiary/aromatic N) is 3. The van der Waals surface area contributed by atoms with Gasteiger partial charge >= 0.3 is 0 Å². The number of halogens is 3. The molecule has 2 aromatic carbocycles. The zero-order valence-electron chi connectivity index (χ0n) is 18.7. The van der Waals surface area contributed by atoms with Crippen LogP contribution in [0.2, 0.25) is 10.0 Å². The van der Waals surface area contributed by atoms with Crippen LogP contribution in [0.15, 0.2) is 43.2 Å². The minimum Gasteiger partial charge on any atom is -0.496 e. The van der Waals surface area contributed by atoms with E-state index in [2.05, 4.69) is 21.9 Å². The fourth-order valence-electron chi connectivity index (χ4n) is 5.16. The minimum absolute atomic E-state index is 0.0316. The molecule has 2 aliphatic rings. The maximum absolute atomic E-state index is 14.6. The maximum atomic E-state index is 14.6. The van der Waals surface area contributed by atoms with Crippen molar-refractivity contribution in [3.63, 3.8) is 0 Å². The van der Waals surface area contributed by atoms with Gasteiger partial charge in [0, 0.05) is 30.0 Å². The van der Waals surface area contributed by atoms with Gasteiger partial charge in [-0.2, -0.15) is 0 Å². The fourth-order valence-corrected chi connectivity index (χ4v) is 5.47. The van der Waals surface area contributed by atoms with Crippen LogP contribution in [0, 0.1) is 17.7 Å². The lowest BCUT2D eigenvalue weighted by Crippen LogP contribution is -2.40. The Kier molecular flexibility index (Phi) is 6.11. The molecule has 35 heavy (non-hydrogen) atoms. The molecule has 3 unspecified atom stereocenters. The number of benzene rings is 2. The molecule has 2 heterocycles. The van der Waals surface area contributed by atoms with Gasteiger partial charge in [0.15, 0.2) is 11.6 Å². The van der Waals surface area contributed by atoms with Crippen LogP contribution in [0.3, 0.4) is 0 Å². The summed E-state index contributed by atoms with van der Waals surface area (Å²) in [5, 5.41) is 3.35. The predicted octanol–water partition coefficient (Wildman–Crippen LogP) is 5.43. The Bertz CT molecular complexity index is 1380. The summed E-state index contributed by atoms with van der Waals surface area (Å²) in [6, 6.07) is 6.31. The van der Waals surface area contributed by atoms with E-state index in [4.69, 9.17) is 27.9 Å². The number of ketones is 1. The lowest BCUT2D eigenvalue weighted by Gasteiger charge is -2.30. The molecule has 3 atom stereocenters. The lowest BCUT2D eigenvalue weighted by atomic mass is 9.86. The van der Waals surface area contributed by atoms with Gasteiger partial charge in [-0.15, -0.1) is 0 Å². The quantitative estimate of drug-likeness (QED) is 0.268. The second kappa shape index (κ2) is 9.09. The molecule has 1 amide bonds. The number of piperidine rings is 1. The number of anilines is 2. The first-order chi connectivity index (χ1) is 16.8. The summed E-state index contributed by atoms with van der Waals surface area (Å²) in [5.41, 5.74) is 1.00. The van der Waals surface area contributed by atoms with Crippen molar-refractivity contribution >= 4 is 57.3 Å². The number of methoxy groups -OCH3 is 1. The van der Waals surface area contributed by atoms with Crippen molar-refractivity contribution in [3.8, 4) is 5.75 Å². The third-order valence-corrected chi connectivity index (χ3v) is 7.63. The summed E-state index contributed by atoms with van der Waals surface area (Å²) in [5.74, 6) is -0.322. The monoisotopic (exact) mass is 514 g/mol. The Hall–Kier alpha value is -3.23. The first-order valence-electron chi connectivity index (χ1n) is 11.0. The molecule has 10 heteroatoms.